The molecule has 3 rings (SSSR count). The Morgan fingerprint density at radius 3 is 2.77 bits per heavy atom. The zero-order valence-corrected chi connectivity index (χ0v) is 15.3. The molecule has 0 aliphatic carbocycles. The Kier molecular flexibility index (Phi) is 4.93. The van der Waals surface area contributed by atoms with Crippen LogP contribution in [0, 0.1) is 20.8 Å². The fourth-order valence-electron chi connectivity index (χ4n) is 3.14. The van der Waals surface area contributed by atoms with Gasteiger partial charge >= 0.3 is 0 Å². The number of rotatable bonds is 4. The van der Waals surface area contributed by atoms with E-state index in [1.165, 1.54) is 26.6 Å². The van der Waals surface area contributed by atoms with E-state index in [0.717, 1.165) is 42.4 Å². The van der Waals surface area contributed by atoms with Gasteiger partial charge < -0.3 is 9.47 Å². The molecule has 1 aromatic carbocycles. The number of methoxy groups -OCH3 is 1. The first-order chi connectivity index (χ1) is 10.6. The minimum Gasteiger partial charge on any atom is -0.496 e. The predicted octanol–water partition coefficient (Wildman–Crippen LogP) is 4.15. The molecule has 0 N–H and O–H groups in total. The van der Waals surface area contributed by atoms with Gasteiger partial charge in [-0.25, -0.2) is 0 Å². The van der Waals surface area contributed by atoms with E-state index in [4.69, 9.17) is 9.47 Å². The highest BCUT2D eigenvalue weighted by Gasteiger charge is 2.29. The van der Waals surface area contributed by atoms with Gasteiger partial charge in [0.25, 0.3) is 0 Å². The van der Waals surface area contributed by atoms with Gasteiger partial charge in [0.05, 0.1) is 13.7 Å². The molecule has 3 nitrogen and oxygen atoms in total. The summed E-state index contributed by atoms with van der Waals surface area (Å²) >= 11 is 3.76. The number of nitrogens with zero attached hydrogens (tertiary/aromatic N) is 1. The monoisotopic (exact) mass is 337 g/mol. The van der Waals surface area contributed by atoms with Crippen molar-refractivity contribution in [1.82, 2.24) is 0 Å². The zero-order chi connectivity index (χ0) is 15.7. The van der Waals surface area contributed by atoms with Crippen LogP contribution in [0.3, 0.4) is 0 Å². The van der Waals surface area contributed by atoms with E-state index in [1.54, 1.807) is 7.11 Å². The summed E-state index contributed by atoms with van der Waals surface area (Å²) in [5.41, 5.74) is 5.00. The van der Waals surface area contributed by atoms with Crippen LogP contribution < -0.4 is 9.47 Å². The van der Waals surface area contributed by atoms with Gasteiger partial charge in [-0.3, -0.25) is 4.99 Å². The molecule has 2 aliphatic heterocycles. The Bertz CT molecular complexity index is 613. The predicted molar refractivity (Wildman–Crippen MR) is 97.2 cm³/mol. The molecule has 0 fully saturated rings. The average molecular weight is 338 g/mol. The second kappa shape index (κ2) is 6.75. The van der Waals surface area contributed by atoms with Crippen molar-refractivity contribution >= 4 is 27.9 Å². The highest BCUT2D eigenvalue weighted by atomic mass is 32.2. The van der Waals surface area contributed by atoms with Crippen molar-refractivity contribution in [1.29, 1.82) is 0 Å². The van der Waals surface area contributed by atoms with E-state index in [0.29, 0.717) is 6.10 Å². The lowest BCUT2D eigenvalue weighted by Gasteiger charge is -2.16. The Hall–Kier alpha value is -0.810. The fraction of sp³-hybridized carbons (Fsp3) is 0.588. The Morgan fingerprint density at radius 2 is 2.09 bits per heavy atom. The highest BCUT2D eigenvalue weighted by Crippen LogP contribution is 2.43. The largest absolute Gasteiger partial charge is 0.496 e. The summed E-state index contributed by atoms with van der Waals surface area (Å²) in [4.78, 5) is 4.49. The summed E-state index contributed by atoms with van der Waals surface area (Å²) in [6.07, 6.45) is 2.36. The molecule has 120 valence electrons. The van der Waals surface area contributed by atoms with Crippen molar-refractivity contribution < 1.29 is 9.47 Å². The number of benzene rings is 1. The molecule has 5 heteroatoms. The molecule has 0 saturated heterocycles. The topological polar surface area (TPSA) is 30.8 Å². The quantitative estimate of drug-likeness (QED) is 0.826. The van der Waals surface area contributed by atoms with Gasteiger partial charge in [-0.2, -0.15) is 0 Å². The maximum Gasteiger partial charge on any atom is 0.126 e. The Morgan fingerprint density at radius 1 is 1.27 bits per heavy atom. The minimum atomic E-state index is 0.290. The van der Waals surface area contributed by atoms with Crippen LogP contribution in [0.15, 0.2) is 4.99 Å². The molecule has 2 aliphatic rings. The van der Waals surface area contributed by atoms with E-state index in [-0.39, 0.29) is 0 Å². The van der Waals surface area contributed by atoms with Crippen LogP contribution >= 0.6 is 23.5 Å². The number of hydrogen-bond acceptors (Lipinski definition) is 5. The first kappa shape index (κ1) is 16.1. The molecule has 0 radical (unpaired) electrons. The minimum absolute atomic E-state index is 0.290. The third-order valence-electron chi connectivity index (χ3n) is 4.45. The van der Waals surface area contributed by atoms with Crippen LogP contribution in [0.4, 0.5) is 0 Å². The van der Waals surface area contributed by atoms with Gasteiger partial charge in [0, 0.05) is 23.5 Å². The lowest BCUT2D eigenvalue weighted by molar-refractivity contribution is 0.228. The number of thioether (sulfide) groups is 2. The van der Waals surface area contributed by atoms with Crippen LogP contribution in [0.5, 0.6) is 11.5 Å². The zero-order valence-electron chi connectivity index (χ0n) is 13.7. The third kappa shape index (κ3) is 2.98. The smallest absolute Gasteiger partial charge is 0.126 e. The molecule has 22 heavy (non-hydrogen) atoms. The highest BCUT2D eigenvalue weighted by molar-refractivity contribution is 8.39. The van der Waals surface area contributed by atoms with Crippen molar-refractivity contribution in [3.63, 3.8) is 0 Å². The van der Waals surface area contributed by atoms with E-state index in [9.17, 15) is 0 Å². The van der Waals surface area contributed by atoms with Crippen molar-refractivity contribution in [2.24, 2.45) is 4.99 Å². The summed E-state index contributed by atoms with van der Waals surface area (Å²) in [7, 11) is 1.76. The van der Waals surface area contributed by atoms with Crippen molar-refractivity contribution in [3.8, 4) is 11.5 Å². The summed E-state index contributed by atoms with van der Waals surface area (Å²) in [6.45, 7) is 7.38. The molecule has 0 amide bonds. The molecule has 0 aromatic heterocycles. The normalized spacial score (nSPS) is 19.8. The molecule has 0 bridgehead atoms. The number of fused-ring (bicyclic) bond motifs is 1. The maximum absolute atomic E-state index is 6.25. The third-order valence-corrected chi connectivity index (χ3v) is 6.74. The van der Waals surface area contributed by atoms with Gasteiger partial charge in [-0.1, -0.05) is 23.5 Å². The van der Waals surface area contributed by atoms with Crippen molar-refractivity contribution in [3.05, 3.63) is 22.3 Å². The first-order valence-corrected chi connectivity index (χ1v) is 9.72. The second-order valence-corrected chi connectivity index (χ2v) is 8.22. The summed E-state index contributed by atoms with van der Waals surface area (Å²) in [6, 6.07) is 0. The van der Waals surface area contributed by atoms with Crippen LogP contribution in [0.1, 0.15) is 28.7 Å². The SMILES string of the molecule is COc1c(C)c(C)c2c(c1C)CC(CCSC1=NCCS1)O2. The van der Waals surface area contributed by atoms with Crippen LogP contribution in [0.2, 0.25) is 0 Å². The van der Waals surface area contributed by atoms with E-state index in [2.05, 4.69) is 25.8 Å². The molecule has 1 unspecified atom stereocenters. The van der Waals surface area contributed by atoms with Gasteiger partial charge in [0.1, 0.15) is 22.0 Å². The molecule has 1 atom stereocenters. The van der Waals surface area contributed by atoms with E-state index < -0.39 is 0 Å². The fourth-order valence-corrected chi connectivity index (χ4v) is 5.26. The van der Waals surface area contributed by atoms with Crippen molar-refractivity contribution in [2.75, 3.05) is 25.2 Å². The molecular formula is C17H23NO2S2. The standard InChI is InChI=1S/C17H23NO2S2/c1-10-11(2)16-14(12(3)15(10)19-4)9-13(20-16)5-7-21-17-18-6-8-22-17/h13H,5-9H2,1-4H3. The van der Waals surface area contributed by atoms with Crippen LogP contribution in [0.25, 0.3) is 0 Å². The van der Waals surface area contributed by atoms with Gasteiger partial charge in [-0.05, 0) is 43.9 Å². The average Bonchev–Trinajstić information content (AvgIpc) is 3.15. The summed E-state index contributed by atoms with van der Waals surface area (Å²) in [5, 5.41) is 0. The number of ether oxygens (including phenoxy) is 2. The molecule has 1 aromatic rings. The van der Waals surface area contributed by atoms with Gasteiger partial charge in [-0.15, -0.1) is 0 Å². The maximum atomic E-state index is 6.25. The summed E-state index contributed by atoms with van der Waals surface area (Å²) < 4.78 is 13.1. The number of aliphatic imine (C=N–C) groups is 1. The van der Waals surface area contributed by atoms with Crippen LogP contribution in [-0.4, -0.2) is 35.6 Å². The number of hydrogen-bond donors (Lipinski definition) is 0. The lowest BCUT2D eigenvalue weighted by Crippen LogP contribution is -2.14. The molecule has 2 heterocycles. The van der Waals surface area contributed by atoms with Gasteiger partial charge in [0.2, 0.25) is 0 Å². The lowest BCUT2D eigenvalue weighted by atomic mass is 9.96. The Balaban J connectivity index is 1.67. The second-order valence-electron chi connectivity index (χ2n) is 5.79. The first-order valence-electron chi connectivity index (χ1n) is 7.75. The van der Waals surface area contributed by atoms with E-state index in [1.807, 2.05) is 23.5 Å². The molecular weight excluding hydrogens is 314 g/mol. The van der Waals surface area contributed by atoms with Gasteiger partial charge in [0.15, 0.2) is 0 Å². The van der Waals surface area contributed by atoms with E-state index >= 15 is 0 Å². The van der Waals surface area contributed by atoms with Crippen molar-refractivity contribution in [2.45, 2.75) is 39.7 Å². The van der Waals surface area contributed by atoms with Crippen LogP contribution in [-0.2, 0) is 6.42 Å². The summed E-state index contributed by atoms with van der Waals surface area (Å²) in [5.74, 6) is 4.34. The molecule has 0 saturated carbocycles. The molecule has 0 spiro atoms. The Labute approximate surface area is 141 Å².